The molecular formula is C11H12N2O2S. The third kappa shape index (κ3) is 2.19. The van der Waals surface area contributed by atoms with Crippen LogP contribution in [0.1, 0.15) is 11.1 Å². The molecule has 0 aliphatic carbocycles. The van der Waals surface area contributed by atoms with Crippen molar-refractivity contribution in [3.05, 3.63) is 29.3 Å². The fourth-order valence-electron chi connectivity index (χ4n) is 1.48. The number of carbonyl (C=O) groups excluding carboxylic acids is 2. The number of hydrogen-bond donors (Lipinski definition) is 2. The Morgan fingerprint density at radius 2 is 2.06 bits per heavy atom. The Morgan fingerprint density at radius 1 is 1.31 bits per heavy atom. The van der Waals surface area contributed by atoms with Crippen molar-refractivity contribution in [2.75, 3.05) is 5.32 Å². The lowest BCUT2D eigenvalue weighted by Crippen LogP contribution is -2.29. The molecule has 0 aromatic heterocycles. The predicted molar refractivity (Wildman–Crippen MR) is 64.5 cm³/mol. The third-order valence-electron chi connectivity index (χ3n) is 2.37. The van der Waals surface area contributed by atoms with E-state index >= 15 is 0 Å². The van der Waals surface area contributed by atoms with Crippen LogP contribution in [-0.4, -0.2) is 16.5 Å². The van der Waals surface area contributed by atoms with E-state index in [-0.39, 0.29) is 11.1 Å². The van der Waals surface area contributed by atoms with Crippen LogP contribution < -0.4 is 10.6 Å². The van der Waals surface area contributed by atoms with Gasteiger partial charge in [0.15, 0.2) is 5.37 Å². The molecule has 16 heavy (non-hydrogen) atoms. The minimum absolute atomic E-state index is 0.282. The summed E-state index contributed by atoms with van der Waals surface area (Å²) in [6.45, 7) is 3.94. The van der Waals surface area contributed by atoms with Gasteiger partial charge in [0.2, 0.25) is 0 Å². The molecule has 2 rings (SSSR count). The highest BCUT2D eigenvalue weighted by molar-refractivity contribution is 8.15. The van der Waals surface area contributed by atoms with Crippen LogP contribution in [0.2, 0.25) is 0 Å². The molecule has 0 bridgehead atoms. The summed E-state index contributed by atoms with van der Waals surface area (Å²) in [5, 5.41) is 4.49. The molecule has 0 unspecified atom stereocenters. The van der Waals surface area contributed by atoms with E-state index in [1.54, 1.807) is 0 Å². The van der Waals surface area contributed by atoms with Gasteiger partial charge in [0.05, 0.1) is 0 Å². The molecule has 1 aromatic carbocycles. The molecule has 2 N–H and O–H groups in total. The second-order valence-corrected chi connectivity index (χ2v) is 4.82. The van der Waals surface area contributed by atoms with Gasteiger partial charge in [-0.25, -0.2) is 0 Å². The van der Waals surface area contributed by atoms with Crippen LogP contribution in [0.3, 0.4) is 0 Å². The Hall–Kier alpha value is -1.49. The van der Waals surface area contributed by atoms with Crippen molar-refractivity contribution < 1.29 is 9.59 Å². The quantitative estimate of drug-likeness (QED) is 0.825. The number of thioether (sulfide) groups is 1. The standard InChI is InChI=1S/C11H12N2O2S/c1-6-3-4-7(2)8(5-6)12-10-9(14)13-11(15)16-10/h3-5,10,12H,1-2H3,(H,13,14,15)/t10-/m1/s1. The highest BCUT2D eigenvalue weighted by atomic mass is 32.2. The van der Waals surface area contributed by atoms with Gasteiger partial charge in [-0.15, -0.1) is 0 Å². The Labute approximate surface area is 97.8 Å². The maximum atomic E-state index is 11.4. The van der Waals surface area contributed by atoms with Gasteiger partial charge >= 0.3 is 0 Å². The first-order valence-corrected chi connectivity index (χ1v) is 5.79. The summed E-state index contributed by atoms with van der Waals surface area (Å²) in [5.41, 5.74) is 3.06. The van der Waals surface area contributed by atoms with E-state index in [1.807, 2.05) is 32.0 Å². The largest absolute Gasteiger partial charge is 0.365 e. The molecule has 1 aliphatic rings. The predicted octanol–water partition coefficient (Wildman–Crippen LogP) is 2.02. The molecule has 1 heterocycles. The van der Waals surface area contributed by atoms with Gasteiger partial charge in [-0.3, -0.25) is 14.9 Å². The molecule has 0 spiro atoms. The van der Waals surface area contributed by atoms with Gasteiger partial charge in [-0.1, -0.05) is 12.1 Å². The number of nitrogens with one attached hydrogen (secondary N) is 2. The summed E-state index contributed by atoms with van der Waals surface area (Å²) < 4.78 is 0. The van der Waals surface area contributed by atoms with Crippen LogP contribution in [0.25, 0.3) is 0 Å². The van der Waals surface area contributed by atoms with Crippen LogP contribution >= 0.6 is 11.8 Å². The molecule has 1 fully saturated rings. The zero-order chi connectivity index (χ0) is 11.7. The first-order valence-electron chi connectivity index (χ1n) is 4.91. The molecule has 1 atom stereocenters. The summed E-state index contributed by atoms with van der Waals surface area (Å²) in [5.74, 6) is -0.282. The third-order valence-corrected chi connectivity index (χ3v) is 3.25. The average Bonchev–Trinajstić information content (AvgIpc) is 2.51. The van der Waals surface area contributed by atoms with Crippen molar-refractivity contribution in [2.24, 2.45) is 0 Å². The number of aryl methyl sites for hydroxylation is 2. The molecular weight excluding hydrogens is 224 g/mol. The number of amides is 2. The first-order chi connectivity index (χ1) is 7.56. The van der Waals surface area contributed by atoms with Crippen LogP contribution in [0.4, 0.5) is 10.5 Å². The molecule has 2 amide bonds. The van der Waals surface area contributed by atoms with Gasteiger partial charge in [-0.2, -0.15) is 0 Å². The Balaban J connectivity index is 2.18. The fraction of sp³-hybridized carbons (Fsp3) is 0.273. The number of benzene rings is 1. The fourth-order valence-corrected chi connectivity index (χ4v) is 2.21. The normalized spacial score (nSPS) is 19.8. The molecule has 4 nitrogen and oxygen atoms in total. The number of imide groups is 1. The Bertz CT molecular complexity index is 459. The first kappa shape index (κ1) is 11.0. The summed E-state index contributed by atoms with van der Waals surface area (Å²) in [4.78, 5) is 22.4. The maximum absolute atomic E-state index is 11.4. The van der Waals surface area contributed by atoms with Crippen molar-refractivity contribution in [3.8, 4) is 0 Å². The smallest absolute Gasteiger partial charge is 0.288 e. The van der Waals surface area contributed by atoms with Gasteiger partial charge in [0.25, 0.3) is 11.1 Å². The monoisotopic (exact) mass is 236 g/mol. The molecule has 0 radical (unpaired) electrons. The summed E-state index contributed by atoms with van der Waals surface area (Å²) in [7, 11) is 0. The Morgan fingerprint density at radius 3 is 2.69 bits per heavy atom. The second-order valence-electron chi connectivity index (χ2n) is 3.74. The highest BCUT2D eigenvalue weighted by Crippen LogP contribution is 2.24. The molecule has 1 aliphatic heterocycles. The zero-order valence-corrected chi connectivity index (χ0v) is 9.85. The van der Waals surface area contributed by atoms with E-state index in [0.29, 0.717) is 0 Å². The van der Waals surface area contributed by atoms with Crippen LogP contribution in [0.15, 0.2) is 18.2 Å². The lowest BCUT2D eigenvalue weighted by atomic mass is 10.1. The number of hydrogen-bond acceptors (Lipinski definition) is 4. The van der Waals surface area contributed by atoms with Crippen molar-refractivity contribution in [1.82, 2.24) is 5.32 Å². The lowest BCUT2D eigenvalue weighted by Gasteiger charge is -2.13. The average molecular weight is 236 g/mol. The number of rotatable bonds is 2. The van der Waals surface area contributed by atoms with Crippen molar-refractivity contribution in [1.29, 1.82) is 0 Å². The minimum atomic E-state index is -0.520. The maximum Gasteiger partial charge on any atom is 0.288 e. The Kier molecular flexibility index (Phi) is 2.87. The second kappa shape index (κ2) is 4.17. The summed E-state index contributed by atoms with van der Waals surface area (Å²) >= 11 is 0.972. The van der Waals surface area contributed by atoms with E-state index in [2.05, 4.69) is 10.6 Å². The molecule has 5 heteroatoms. The molecule has 1 aromatic rings. The number of carbonyl (C=O) groups is 2. The van der Waals surface area contributed by atoms with E-state index < -0.39 is 5.37 Å². The van der Waals surface area contributed by atoms with Crippen LogP contribution in [0.5, 0.6) is 0 Å². The summed E-state index contributed by atoms with van der Waals surface area (Å²) in [6, 6.07) is 5.95. The molecule has 0 saturated carbocycles. The van der Waals surface area contributed by atoms with E-state index in [0.717, 1.165) is 28.6 Å². The zero-order valence-electron chi connectivity index (χ0n) is 9.03. The van der Waals surface area contributed by atoms with Crippen LogP contribution in [0, 0.1) is 13.8 Å². The van der Waals surface area contributed by atoms with E-state index in [4.69, 9.17) is 0 Å². The number of anilines is 1. The van der Waals surface area contributed by atoms with Gasteiger partial charge in [0, 0.05) is 5.69 Å². The minimum Gasteiger partial charge on any atom is -0.365 e. The van der Waals surface area contributed by atoms with Crippen molar-refractivity contribution in [3.63, 3.8) is 0 Å². The van der Waals surface area contributed by atoms with E-state index in [9.17, 15) is 9.59 Å². The SMILES string of the molecule is Cc1ccc(C)c(N[C@@H]2SC(=O)NC2=O)c1. The molecule has 1 saturated heterocycles. The topological polar surface area (TPSA) is 58.2 Å². The summed E-state index contributed by atoms with van der Waals surface area (Å²) in [6.07, 6.45) is 0. The van der Waals surface area contributed by atoms with Gasteiger partial charge in [-0.05, 0) is 42.8 Å². The van der Waals surface area contributed by atoms with Crippen molar-refractivity contribution in [2.45, 2.75) is 19.2 Å². The molecule has 84 valence electrons. The van der Waals surface area contributed by atoms with Crippen LogP contribution in [-0.2, 0) is 4.79 Å². The lowest BCUT2D eigenvalue weighted by molar-refractivity contribution is -0.118. The highest BCUT2D eigenvalue weighted by Gasteiger charge is 2.31. The van der Waals surface area contributed by atoms with E-state index in [1.165, 1.54) is 0 Å². The van der Waals surface area contributed by atoms with Gasteiger partial charge < -0.3 is 5.32 Å². The van der Waals surface area contributed by atoms with Crippen molar-refractivity contribution >= 4 is 28.6 Å². The van der Waals surface area contributed by atoms with Gasteiger partial charge in [0.1, 0.15) is 0 Å².